The zero-order valence-corrected chi connectivity index (χ0v) is 14.4. The third kappa shape index (κ3) is 3.99. The van der Waals surface area contributed by atoms with Crippen LogP contribution in [0.1, 0.15) is 12.0 Å². The molecule has 1 fully saturated rings. The predicted octanol–water partition coefficient (Wildman–Crippen LogP) is 4.23. The summed E-state index contributed by atoms with van der Waals surface area (Å²) in [5.74, 6) is -0.0999. The molecule has 0 radical (unpaired) electrons. The molecule has 1 amide bonds. The van der Waals surface area contributed by atoms with Gasteiger partial charge in [-0.3, -0.25) is 9.69 Å². The van der Waals surface area contributed by atoms with Crippen molar-refractivity contribution in [2.24, 2.45) is 0 Å². The molecule has 1 aliphatic rings. The summed E-state index contributed by atoms with van der Waals surface area (Å²) in [5.41, 5.74) is 0.710. The first kappa shape index (κ1) is 16.8. The highest BCUT2D eigenvalue weighted by Crippen LogP contribution is 2.35. The molecule has 1 aromatic rings. The van der Waals surface area contributed by atoms with Crippen LogP contribution in [0.2, 0.25) is 10.0 Å². The standard InChI is InChI=1S/C14H13Cl2NO2S2/c1-19-7-3-6-17-13(18)11(21-14(17)20)8-9-4-2-5-10(15)12(9)16/h2,4-5,8H,3,6-7H2,1H3/b11-8+. The normalized spacial score (nSPS) is 17.1. The van der Waals surface area contributed by atoms with E-state index in [4.69, 9.17) is 40.2 Å². The Morgan fingerprint density at radius 1 is 1.43 bits per heavy atom. The van der Waals surface area contributed by atoms with Crippen LogP contribution in [0.4, 0.5) is 0 Å². The molecule has 0 bridgehead atoms. The molecule has 0 saturated carbocycles. The number of amides is 1. The van der Waals surface area contributed by atoms with Gasteiger partial charge in [0.15, 0.2) is 0 Å². The lowest BCUT2D eigenvalue weighted by molar-refractivity contribution is -0.122. The van der Waals surface area contributed by atoms with E-state index in [1.54, 1.807) is 30.2 Å². The molecular weight excluding hydrogens is 349 g/mol. The van der Waals surface area contributed by atoms with E-state index in [9.17, 15) is 4.79 Å². The maximum Gasteiger partial charge on any atom is 0.266 e. The van der Waals surface area contributed by atoms with Crippen LogP contribution < -0.4 is 0 Å². The smallest absolute Gasteiger partial charge is 0.266 e. The van der Waals surface area contributed by atoms with E-state index in [1.807, 2.05) is 6.07 Å². The third-order valence-electron chi connectivity index (χ3n) is 2.87. The van der Waals surface area contributed by atoms with E-state index in [-0.39, 0.29) is 5.91 Å². The third-order valence-corrected chi connectivity index (χ3v) is 5.08. The molecule has 21 heavy (non-hydrogen) atoms. The molecule has 1 aromatic carbocycles. The molecule has 0 spiro atoms. The van der Waals surface area contributed by atoms with Crippen LogP contribution in [0.15, 0.2) is 23.1 Å². The Morgan fingerprint density at radius 3 is 2.90 bits per heavy atom. The van der Waals surface area contributed by atoms with Gasteiger partial charge >= 0.3 is 0 Å². The monoisotopic (exact) mass is 361 g/mol. The van der Waals surface area contributed by atoms with Crippen LogP contribution in [-0.4, -0.2) is 35.4 Å². The SMILES string of the molecule is COCCCN1C(=O)/C(=C\c2cccc(Cl)c2Cl)SC1=S. The van der Waals surface area contributed by atoms with Crippen LogP contribution >= 0.6 is 47.2 Å². The fourth-order valence-corrected chi connectivity index (χ4v) is 3.49. The van der Waals surface area contributed by atoms with Gasteiger partial charge in [-0.1, -0.05) is 59.3 Å². The molecule has 1 saturated heterocycles. The largest absolute Gasteiger partial charge is 0.385 e. The molecule has 7 heteroatoms. The summed E-state index contributed by atoms with van der Waals surface area (Å²) in [6, 6.07) is 5.31. The topological polar surface area (TPSA) is 29.5 Å². The number of carbonyl (C=O) groups is 1. The molecule has 0 atom stereocenters. The fourth-order valence-electron chi connectivity index (χ4n) is 1.83. The van der Waals surface area contributed by atoms with E-state index < -0.39 is 0 Å². The van der Waals surface area contributed by atoms with E-state index >= 15 is 0 Å². The van der Waals surface area contributed by atoms with Crippen LogP contribution in [0.25, 0.3) is 6.08 Å². The molecule has 3 nitrogen and oxygen atoms in total. The highest BCUT2D eigenvalue weighted by molar-refractivity contribution is 8.26. The van der Waals surface area contributed by atoms with Crippen molar-refractivity contribution in [3.63, 3.8) is 0 Å². The number of nitrogens with zero attached hydrogens (tertiary/aromatic N) is 1. The lowest BCUT2D eigenvalue weighted by Gasteiger charge is -2.13. The summed E-state index contributed by atoms with van der Waals surface area (Å²) >= 11 is 18.6. The number of rotatable bonds is 5. The highest BCUT2D eigenvalue weighted by atomic mass is 35.5. The Labute approximate surface area is 143 Å². The summed E-state index contributed by atoms with van der Waals surface area (Å²) in [7, 11) is 1.63. The van der Waals surface area contributed by atoms with Crippen LogP contribution in [0.5, 0.6) is 0 Å². The number of methoxy groups -OCH3 is 1. The van der Waals surface area contributed by atoms with Gasteiger partial charge in [-0.15, -0.1) is 0 Å². The quantitative estimate of drug-likeness (QED) is 0.445. The molecule has 2 rings (SSSR count). The van der Waals surface area contributed by atoms with Crippen molar-refractivity contribution in [2.45, 2.75) is 6.42 Å². The van der Waals surface area contributed by atoms with Crippen molar-refractivity contribution in [2.75, 3.05) is 20.3 Å². The van der Waals surface area contributed by atoms with Gasteiger partial charge < -0.3 is 4.74 Å². The molecule has 1 aliphatic heterocycles. The van der Waals surface area contributed by atoms with Gasteiger partial charge in [0.1, 0.15) is 4.32 Å². The van der Waals surface area contributed by atoms with Crippen LogP contribution in [0, 0.1) is 0 Å². The first-order chi connectivity index (χ1) is 10.0. The molecule has 0 unspecified atom stereocenters. The zero-order valence-electron chi connectivity index (χ0n) is 11.3. The minimum atomic E-state index is -0.0999. The molecule has 1 heterocycles. The van der Waals surface area contributed by atoms with Crippen molar-refractivity contribution >= 4 is 63.5 Å². The second kappa shape index (κ2) is 7.61. The maximum absolute atomic E-state index is 12.3. The van der Waals surface area contributed by atoms with Gasteiger partial charge in [0, 0.05) is 20.3 Å². The Balaban J connectivity index is 2.18. The van der Waals surface area contributed by atoms with Crippen LogP contribution in [-0.2, 0) is 9.53 Å². The number of hydrogen-bond acceptors (Lipinski definition) is 4. The second-order valence-corrected chi connectivity index (χ2v) is 6.78. The van der Waals surface area contributed by atoms with Gasteiger partial charge in [-0.2, -0.15) is 0 Å². The molecule has 0 aliphatic carbocycles. The lowest BCUT2D eigenvalue weighted by Crippen LogP contribution is -2.29. The minimum absolute atomic E-state index is 0.0999. The number of carbonyl (C=O) groups excluding carboxylic acids is 1. The number of ether oxygens (including phenoxy) is 1. The molecule has 112 valence electrons. The number of hydrogen-bond donors (Lipinski definition) is 0. The number of halogens is 2. The van der Waals surface area contributed by atoms with Crippen molar-refractivity contribution in [1.82, 2.24) is 4.90 Å². The molecule has 0 N–H and O–H groups in total. The van der Waals surface area contributed by atoms with Gasteiger partial charge in [0.05, 0.1) is 15.0 Å². The summed E-state index contributed by atoms with van der Waals surface area (Å²) in [5, 5.41) is 0.893. The average Bonchev–Trinajstić information content (AvgIpc) is 2.71. The minimum Gasteiger partial charge on any atom is -0.385 e. The predicted molar refractivity (Wildman–Crippen MR) is 92.8 cm³/mol. The second-order valence-electron chi connectivity index (χ2n) is 4.32. The summed E-state index contributed by atoms with van der Waals surface area (Å²) in [4.78, 5) is 14.5. The maximum atomic E-state index is 12.3. The van der Waals surface area contributed by atoms with Gasteiger partial charge in [-0.05, 0) is 24.1 Å². The van der Waals surface area contributed by atoms with Gasteiger partial charge in [0.25, 0.3) is 5.91 Å². The molecule has 0 aromatic heterocycles. The van der Waals surface area contributed by atoms with Crippen molar-refractivity contribution in [1.29, 1.82) is 0 Å². The summed E-state index contributed by atoms with van der Waals surface area (Å²) in [6.07, 6.45) is 2.47. The Kier molecular flexibility index (Phi) is 6.08. The fraction of sp³-hybridized carbons (Fsp3) is 0.286. The van der Waals surface area contributed by atoms with Crippen molar-refractivity contribution in [3.05, 3.63) is 38.7 Å². The first-order valence-electron chi connectivity index (χ1n) is 6.23. The van der Waals surface area contributed by atoms with Gasteiger partial charge in [0.2, 0.25) is 0 Å². The van der Waals surface area contributed by atoms with E-state index in [1.165, 1.54) is 11.8 Å². The highest BCUT2D eigenvalue weighted by Gasteiger charge is 2.31. The van der Waals surface area contributed by atoms with E-state index in [2.05, 4.69) is 0 Å². The number of benzene rings is 1. The lowest BCUT2D eigenvalue weighted by atomic mass is 10.2. The Morgan fingerprint density at radius 2 is 2.19 bits per heavy atom. The van der Waals surface area contributed by atoms with Gasteiger partial charge in [-0.25, -0.2) is 0 Å². The van der Waals surface area contributed by atoms with Crippen molar-refractivity contribution in [3.8, 4) is 0 Å². The van der Waals surface area contributed by atoms with E-state index in [0.717, 1.165) is 6.42 Å². The Hall–Kier alpha value is -0.590. The zero-order chi connectivity index (χ0) is 15.4. The van der Waals surface area contributed by atoms with Crippen molar-refractivity contribution < 1.29 is 9.53 Å². The first-order valence-corrected chi connectivity index (χ1v) is 8.21. The number of thiocarbonyl (C=S) groups is 1. The molecular formula is C14H13Cl2NO2S2. The Bertz CT molecular complexity index is 605. The summed E-state index contributed by atoms with van der Waals surface area (Å²) in [6.45, 7) is 1.15. The average molecular weight is 362 g/mol. The number of thioether (sulfide) groups is 1. The van der Waals surface area contributed by atoms with Crippen LogP contribution in [0.3, 0.4) is 0 Å². The van der Waals surface area contributed by atoms with E-state index in [0.29, 0.717) is 38.0 Å². The summed E-state index contributed by atoms with van der Waals surface area (Å²) < 4.78 is 5.54.